The van der Waals surface area contributed by atoms with Crippen molar-refractivity contribution in [2.75, 3.05) is 31.1 Å². The maximum Gasteiger partial charge on any atom is 0.228 e. The molecule has 0 unspecified atom stereocenters. The van der Waals surface area contributed by atoms with Crippen LogP contribution in [-0.2, 0) is 11.2 Å². The quantitative estimate of drug-likeness (QED) is 0.709. The Kier molecular flexibility index (Phi) is 4.71. The number of rotatable bonds is 4. The van der Waals surface area contributed by atoms with Crippen LogP contribution < -0.4 is 4.90 Å². The highest BCUT2D eigenvalue weighted by Gasteiger charge is 2.22. The van der Waals surface area contributed by atoms with Gasteiger partial charge < -0.3 is 14.4 Å². The molecule has 3 heterocycles. The number of carbonyl (C=O) groups is 1. The molecular weight excluding hydrogens is 351 g/mol. The molecule has 0 atom stereocenters. The molecule has 1 aliphatic heterocycles. The Labute approximate surface area is 155 Å². The average Bonchev–Trinajstić information content (AvgIpc) is 3.34. The van der Waals surface area contributed by atoms with E-state index in [0.717, 1.165) is 28.8 Å². The van der Waals surface area contributed by atoms with Crippen LogP contribution in [-0.4, -0.2) is 46.5 Å². The van der Waals surface area contributed by atoms with Gasteiger partial charge in [-0.15, -0.1) is 11.3 Å². The van der Waals surface area contributed by atoms with Crippen molar-refractivity contribution in [1.29, 1.82) is 0 Å². The van der Waals surface area contributed by atoms with Crippen LogP contribution in [0.1, 0.15) is 4.88 Å². The van der Waals surface area contributed by atoms with Gasteiger partial charge in [-0.05, 0) is 36.4 Å². The lowest BCUT2D eigenvalue weighted by Crippen LogP contribution is -2.49. The number of carbonyl (C=O) groups excluding carboxylic acids is 1. The molecule has 1 saturated heterocycles. The van der Waals surface area contributed by atoms with E-state index in [2.05, 4.69) is 9.88 Å². The third kappa shape index (κ3) is 3.62. The average molecular weight is 370 g/mol. The van der Waals surface area contributed by atoms with E-state index in [9.17, 15) is 9.18 Å². The normalized spacial score (nSPS) is 14.7. The maximum atomic E-state index is 13.0. The van der Waals surface area contributed by atoms with E-state index in [1.807, 2.05) is 34.0 Å². The van der Waals surface area contributed by atoms with Crippen LogP contribution >= 0.6 is 11.3 Å². The molecule has 7 heteroatoms. The van der Waals surface area contributed by atoms with Crippen LogP contribution in [0.5, 0.6) is 0 Å². The predicted octanol–water partition coefficient (Wildman–Crippen LogP) is 2.96. The van der Waals surface area contributed by atoms with Crippen molar-refractivity contribution in [3.05, 3.63) is 65.7 Å². The number of amides is 1. The fourth-order valence-corrected chi connectivity index (χ4v) is 3.96. The van der Waals surface area contributed by atoms with E-state index in [1.54, 1.807) is 29.7 Å². The van der Waals surface area contributed by atoms with Crippen molar-refractivity contribution < 1.29 is 9.18 Å². The molecule has 5 nitrogen and oxygen atoms in total. The topological polar surface area (TPSA) is 41.4 Å². The van der Waals surface area contributed by atoms with Crippen molar-refractivity contribution in [3.63, 3.8) is 0 Å². The van der Waals surface area contributed by atoms with E-state index in [-0.39, 0.29) is 11.7 Å². The van der Waals surface area contributed by atoms with Gasteiger partial charge >= 0.3 is 0 Å². The molecule has 0 bridgehead atoms. The summed E-state index contributed by atoms with van der Waals surface area (Å²) in [4.78, 5) is 22.0. The molecule has 1 aliphatic rings. The molecule has 0 radical (unpaired) electrons. The van der Waals surface area contributed by atoms with E-state index < -0.39 is 0 Å². The lowest BCUT2D eigenvalue weighted by molar-refractivity contribution is -0.130. The summed E-state index contributed by atoms with van der Waals surface area (Å²) in [5, 5.41) is 0.874. The fourth-order valence-electron chi connectivity index (χ4n) is 3.09. The molecular formula is C19H19FN4OS. The standard InChI is InChI=1S/C19H19FN4OS/c20-15-3-5-16(6-4-15)22-9-11-23(12-10-22)18(25)13-17-14-21-19(26-17)24-7-1-2-8-24/h1-8,14H,9-13H2. The summed E-state index contributed by atoms with van der Waals surface area (Å²) in [6.45, 7) is 2.88. The Morgan fingerprint density at radius 1 is 1.08 bits per heavy atom. The van der Waals surface area contributed by atoms with E-state index in [0.29, 0.717) is 19.5 Å². The number of anilines is 1. The van der Waals surface area contributed by atoms with Gasteiger partial charge in [-0.1, -0.05) is 0 Å². The highest BCUT2D eigenvalue weighted by atomic mass is 32.1. The molecule has 3 aromatic rings. The van der Waals surface area contributed by atoms with Crippen LogP contribution in [0, 0.1) is 5.82 Å². The SMILES string of the molecule is O=C(Cc1cnc(-n2cccc2)s1)N1CCN(c2ccc(F)cc2)CC1. The monoisotopic (exact) mass is 370 g/mol. The first-order chi connectivity index (χ1) is 12.7. The van der Waals surface area contributed by atoms with Gasteiger partial charge in [0, 0.05) is 55.3 Å². The summed E-state index contributed by atoms with van der Waals surface area (Å²) in [7, 11) is 0. The Balaban J connectivity index is 1.33. The first-order valence-corrected chi connectivity index (χ1v) is 9.37. The van der Waals surface area contributed by atoms with Gasteiger partial charge in [-0.25, -0.2) is 9.37 Å². The van der Waals surface area contributed by atoms with Gasteiger partial charge in [-0.3, -0.25) is 4.79 Å². The minimum absolute atomic E-state index is 0.131. The molecule has 0 N–H and O–H groups in total. The van der Waals surface area contributed by atoms with Crippen molar-refractivity contribution in [2.45, 2.75) is 6.42 Å². The van der Waals surface area contributed by atoms with E-state index in [4.69, 9.17) is 0 Å². The Morgan fingerprint density at radius 3 is 2.46 bits per heavy atom. The number of benzene rings is 1. The van der Waals surface area contributed by atoms with Gasteiger partial charge in [-0.2, -0.15) is 0 Å². The predicted molar refractivity (Wildman–Crippen MR) is 100 cm³/mol. The van der Waals surface area contributed by atoms with Crippen LogP contribution in [0.25, 0.3) is 5.13 Å². The second kappa shape index (κ2) is 7.29. The molecule has 0 spiro atoms. The van der Waals surface area contributed by atoms with Crippen molar-refractivity contribution in [3.8, 4) is 5.13 Å². The number of halogens is 1. The molecule has 2 aromatic heterocycles. The van der Waals surface area contributed by atoms with Crippen LogP contribution in [0.2, 0.25) is 0 Å². The zero-order valence-electron chi connectivity index (χ0n) is 14.2. The molecule has 0 aliphatic carbocycles. The zero-order chi connectivity index (χ0) is 17.9. The Bertz CT molecular complexity index is 867. The summed E-state index contributed by atoms with van der Waals surface area (Å²) in [6, 6.07) is 10.4. The first kappa shape index (κ1) is 16.8. The molecule has 26 heavy (non-hydrogen) atoms. The number of piperazine rings is 1. The van der Waals surface area contributed by atoms with Crippen molar-refractivity contribution in [1.82, 2.24) is 14.5 Å². The van der Waals surface area contributed by atoms with Crippen molar-refractivity contribution >= 4 is 22.9 Å². The summed E-state index contributed by atoms with van der Waals surface area (Å²) in [5.41, 5.74) is 0.998. The van der Waals surface area contributed by atoms with Gasteiger partial charge in [0.2, 0.25) is 5.91 Å². The molecule has 134 valence electrons. The van der Waals surface area contributed by atoms with Crippen LogP contribution in [0.15, 0.2) is 55.0 Å². The largest absolute Gasteiger partial charge is 0.368 e. The molecule has 1 aromatic carbocycles. The maximum absolute atomic E-state index is 13.0. The smallest absolute Gasteiger partial charge is 0.228 e. The molecule has 1 fully saturated rings. The van der Waals surface area contributed by atoms with Crippen molar-refractivity contribution in [2.24, 2.45) is 0 Å². The summed E-state index contributed by atoms with van der Waals surface area (Å²) >= 11 is 1.54. The third-order valence-electron chi connectivity index (χ3n) is 4.52. The zero-order valence-corrected chi connectivity index (χ0v) is 15.0. The number of hydrogen-bond donors (Lipinski definition) is 0. The summed E-state index contributed by atoms with van der Waals surface area (Å²) < 4.78 is 15.0. The highest BCUT2D eigenvalue weighted by molar-refractivity contribution is 7.14. The summed E-state index contributed by atoms with van der Waals surface area (Å²) in [6.07, 6.45) is 6.06. The number of hydrogen-bond acceptors (Lipinski definition) is 4. The Morgan fingerprint density at radius 2 is 1.77 bits per heavy atom. The number of nitrogens with zero attached hydrogens (tertiary/aromatic N) is 4. The van der Waals surface area contributed by atoms with Gasteiger partial charge in [0.05, 0.1) is 6.42 Å². The lowest BCUT2D eigenvalue weighted by Gasteiger charge is -2.36. The number of aromatic nitrogens is 2. The van der Waals surface area contributed by atoms with Crippen LogP contribution in [0.4, 0.5) is 10.1 Å². The molecule has 1 amide bonds. The molecule has 4 rings (SSSR count). The van der Waals surface area contributed by atoms with E-state index >= 15 is 0 Å². The minimum atomic E-state index is -0.230. The van der Waals surface area contributed by atoms with Gasteiger partial charge in [0.25, 0.3) is 0 Å². The van der Waals surface area contributed by atoms with Gasteiger partial charge in [0.15, 0.2) is 5.13 Å². The van der Waals surface area contributed by atoms with Crippen LogP contribution in [0.3, 0.4) is 0 Å². The summed E-state index contributed by atoms with van der Waals surface area (Å²) in [5.74, 6) is -0.0992. The third-order valence-corrected chi connectivity index (χ3v) is 5.53. The first-order valence-electron chi connectivity index (χ1n) is 8.55. The second-order valence-electron chi connectivity index (χ2n) is 6.22. The molecule has 0 saturated carbocycles. The van der Waals surface area contributed by atoms with Gasteiger partial charge in [0.1, 0.15) is 5.82 Å². The minimum Gasteiger partial charge on any atom is -0.368 e. The highest BCUT2D eigenvalue weighted by Crippen LogP contribution is 2.20. The van der Waals surface area contributed by atoms with E-state index in [1.165, 1.54) is 12.1 Å². The lowest BCUT2D eigenvalue weighted by atomic mass is 10.2. The second-order valence-corrected chi connectivity index (χ2v) is 7.31. The Hall–Kier alpha value is -2.67. The number of thiazole rings is 1. The fraction of sp³-hybridized carbons (Fsp3) is 0.263.